The molecule has 0 radical (unpaired) electrons. The van der Waals surface area contributed by atoms with Crippen LogP contribution in [0.3, 0.4) is 0 Å². The average Bonchev–Trinajstić information content (AvgIpc) is 2.67. The van der Waals surface area contributed by atoms with Crippen LogP contribution >= 0.6 is 24.0 Å². The highest BCUT2D eigenvalue weighted by atomic mass is 35.5. The van der Waals surface area contributed by atoms with Crippen molar-refractivity contribution in [1.82, 2.24) is 9.80 Å². The fourth-order valence-corrected chi connectivity index (χ4v) is 3.92. The van der Waals surface area contributed by atoms with E-state index in [1.54, 1.807) is 4.90 Å². The van der Waals surface area contributed by atoms with Crippen molar-refractivity contribution in [2.45, 2.75) is 12.0 Å². The number of piperidine rings is 1. The minimum Gasteiger partial charge on any atom is -0.385 e. The molecule has 2 unspecified atom stereocenters. The summed E-state index contributed by atoms with van der Waals surface area (Å²) >= 11 is 5.79. The molecule has 1 heterocycles. The van der Waals surface area contributed by atoms with E-state index in [1.807, 2.05) is 49.3 Å². The molecule has 0 saturated carbocycles. The van der Waals surface area contributed by atoms with Crippen molar-refractivity contribution in [3.05, 3.63) is 64.9 Å². The number of halogens is 3. The first-order chi connectivity index (χ1) is 13.3. The molecule has 0 spiro atoms. The maximum atomic E-state index is 13.3. The maximum Gasteiger partial charge on any atom is 0.321 e. The van der Waals surface area contributed by atoms with Crippen molar-refractivity contribution >= 4 is 35.7 Å². The zero-order valence-electron chi connectivity index (χ0n) is 16.4. The van der Waals surface area contributed by atoms with E-state index in [2.05, 4.69) is 5.32 Å². The van der Waals surface area contributed by atoms with E-state index in [0.29, 0.717) is 31.7 Å². The highest BCUT2D eigenvalue weighted by molar-refractivity contribution is 6.31. The Hall–Kier alpha value is -1.86. The van der Waals surface area contributed by atoms with Crippen LogP contribution in [0.2, 0.25) is 5.02 Å². The number of carbonyl (C=O) groups excluding carboxylic acids is 1. The van der Waals surface area contributed by atoms with Gasteiger partial charge < -0.3 is 20.2 Å². The number of benzene rings is 2. The normalized spacial score (nSPS) is 21.6. The number of anilines is 1. The number of carbonyl (C=O) groups is 1. The summed E-state index contributed by atoms with van der Waals surface area (Å²) in [6, 6.07) is 13.4. The summed E-state index contributed by atoms with van der Waals surface area (Å²) in [4.78, 5) is 16.4. The summed E-state index contributed by atoms with van der Waals surface area (Å²) in [6.07, 6.45) is 0.438. The Kier molecular flexibility index (Phi) is 7.88. The van der Waals surface area contributed by atoms with Crippen molar-refractivity contribution in [3.63, 3.8) is 0 Å². The largest absolute Gasteiger partial charge is 0.385 e. The van der Waals surface area contributed by atoms with Crippen LogP contribution in [0.15, 0.2) is 48.5 Å². The van der Waals surface area contributed by atoms with Crippen LogP contribution < -0.4 is 5.32 Å². The van der Waals surface area contributed by atoms with Crippen molar-refractivity contribution in [3.8, 4) is 0 Å². The van der Waals surface area contributed by atoms with Crippen LogP contribution in [0.5, 0.6) is 0 Å². The van der Waals surface area contributed by atoms with E-state index < -0.39 is 11.4 Å². The molecular formula is C21H26Cl2FN3O2. The van der Waals surface area contributed by atoms with Crippen LogP contribution in [-0.2, 0) is 5.60 Å². The van der Waals surface area contributed by atoms with Gasteiger partial charge in [-0.05, 0) is 44.3 Å². The summed E-state index contributed by atoms with van der Waals surface area (Å²) < 4.78 is 13.3. The predicted molar refractivity (Wildman–Crippen MR) is 116 cm³/mol. The molecule has 1 aliphatic heterocycles. The summed E-state index contributed by atoms with van der Waals surface area (Å²) in [6.45, 7) is 1.46. The summed E-state index contributed by atoms with van der Waals surface area (Å²) in [5.41, 5.74) is 0.304. The SMILES string of the molecule is CN(C)CC1CN(C(=O)Nc2ccc(F)c(Cl)c2)CCC1(O)c1ccccc1.Cl. The topological polar surface area (TPSA) is 55.8 Å². The quantitative estimate of drug-likeness (QED) is 0.746. The molecular weight excluding hydrogens is 416 g/mol. The zero-order valence-corrected chi connectivity index (χ0v) is 18.0. The second kappa shape index (κ2) is 9.76. The second-order valence-corrected chi connectivity index (χ2v) is 7.91. The highest BCUT2D eigenvalue weighted by Gasteiger charge is 2.44. The summed E-state index contributed by atoms with van der Waals surface area (Å²) in [5, 5.41) is 14.2. The molecule has 2 aromatic carbocycles. The van der Waals surface area contributed by atoms with Gasteiger partial charge in [-0.2, -0.15) is 0 Å². The number of urea groups is 1. The molecule has 5 nitrogen and oxygen atoms in total. The molecule has 2 amide bonds. The molecule has 0 bridgehead atoms. The lowest BCUT2D eigenvalue weighted by Crippen LogP contribution is -2.55. The molecule has 2 atom stereocenters. The fourth-order valence-electron chi connectivity index (χ4n) is 3.74. The fraction of sp³-hybridized carbons (Fsp3) is 0.381. The minimum atomic E-state index is -0.999. The Morgan fingerprint density at radius 1 is 1.31 bits per heavy atom. The second-order valence-electron chi connectivity index (χ2n) is 7.50. The first kappa shape index (κ1) is 23.4. The Morgan fingerprint density at radius 2 is 2.00 bits per heavy atom. The van der Waals surface area contributed by atoms with Crippen LogP contribution in [0, 0.1) is 11.7 Å². The molecule has 3 rings (SSSR count). The number of rotatable bonds is 4. The van der Waals surface area contributed by atoms with E-state index in [-0.39, 0.29) is 29.4 Å². The Morgan fingerprint density at radius 3 is 2.62 bits per heavy atom. The van der Waals surface area contributed by atoms with E-state index in [1.165, 1.54) is 18.2 Å². The van der Waals surface area contributed by atoms with Crippen LogP contribution in [0.4, 0.5) is 14.9 Å². The van der Waals surface area contributed by atoms with E-state index in [4.69, 9.17) is 11.6 Å². The number of nitrogens with one attached hydrogen (secondary N) is 1. The molecule has 1 aliphatic rings. The monoisotopic (exact) mass is 441 g/mol. The average molecular weight is 442 g/mol. The molecule has 0 aromatic heterocycles. The van der Waals surface area contributed by atoms with Crippen LogP contribution in [0.1, 0.15) is 12.0 Å². The summed E-state index contributed by atoms with van der Waals surface area (Å²) in [7, 11) is 3.90. The molecule has 0 aliphatic carbocycles. The van der Waals surface area contributed by atoms with Crippen molar-refractivity contribution in [1.29, 1.82) is 0 Å². The van der Waals surface area contributed by atoms with Gasteiger partial charge in [-0.1, -0.05) is 41.9 Å². The minimum absolute atomic E-state index is 0. The maximum absolute atomic E-state index is 13.3. The van der Waals surface area contributed by atoms with Gasteiger partial charge in [-0.15, -0.1) is 12.4 Å². The third kappa shape index (κ3) is 5.39. The lowest BCUT2D eigenvalue weighted by molar-refractivity contribution is -0.0749. The van der Waals surface area contributed by atoms with Gasteiger partial charge in [-0.25, -0.2) is 9.18 Å². The van der Waals surface area contributed by atoms with Gasteiger partial charge in [0.15, 0.2) is 0 Å². The van der Waals surface area contributed by atoms with E-state index in [0.717, 1.165) is 5.56 Å². The Labute approximate surface area is 181 Å². The van der Waals surface area contributed by atoms with Crippen molar-refractivity contribution in [2.24, 2.45) is 5.92 Å². The predicted octanol–water partition coefficient (Wildman–Crippen LogP) is 4.20. The van der Waals surface area contributed by atoms with Crippen LogP contribution in [0.25, 0.3) is 0 Å². The van der Waals surface area contributed by atoms with E-state index >= 15 is 0 Å². The van der Waals surface area contributed by atoms with Gasteiger partial charge >= 0.3 is 6.03 Å². The van der Waals surface area contributed by atoms with Crippen molar-refractivity contribution < 1.29 is 14.3 Å². The third-order valence-corrected chi connectivity index (χ3v) is 5.49. The first-order valence-electron chi connectivity index (χ1n) is 9.23. The van der Waals surface area contributed by atoms with Gasteiger partial charge in [0, 0.05) is 31.2 Å². The van der Waals surface area contributed by atoms with Crippen LogP contribution in [-0.4, -0.2) is 54.7 Å². The molecule has 2 N–H and O–H groups in total. The molecule has 158 valence electrons. The lowest BCUT2D eigenvalue weighted by atomic mass is 9.75. The van der Waals surface area contributed by atoms with Gasteiger partial charge in [0.1, 0.15) is 5.82 Å². The number of hydrogen-bond donors (Lipinski definition) is 2. The van der Waals surface area contributed by atoms with E-state index in [9.17, 15) is 14.3 Å². The molecule has 1 fully saturated rings. The number of likely N-dealkylation sites (tertiary alicyclic amines) is 1. The molecule has 8 heteroatoms. The molecule has 29 heavy (non-hydrogen) atoms. The Bertz CT molecular complexity index is 838. The molecule has 2 aromatic rings. The zero-order chi connectivity index (χ0) is 20.3. The van der Waals surface area contributed by atoms with Crippen molar-refractivity contribution in [2.75, 3.05) is 39.0 Å². The first-order valence-corrected chi connectivity index (χ1v) is 9.61. The standard InChI is InChI=1S/C21H25ClFN3O2.ClH/c1-25(2)13-16-14-26(11-10-21(16,28)15-6-4-3-5-7-15)20(27)24-17-8-9-19(23)18(22)12-17;/h3-9,12,16,28H,10-11,13-14H2,1-2H3,(H,24,27);1H. The van der Waals surface area contributed by atoms with Gasteiger partial charge in [0.2, 0.25) is 0 Å². The summed E-state index contributed by atoms with van der Waals surface area (Å²) in [5.74, 6) is -0.683. The van der Waals surface area contributed by atoms with Gasteiger partial charge in [-0.3, -0.25) is 0 Å². The van der Waals surface area contributed by atoms with Gasteiger partial charge in [0.05, 0.1) is 10.6 Å². The number of amides is 2. The smallest absolute Gasteiger partial charge is 0.321 e. The highest BCUT2D eigenvalue weighted by Crippen LogP contribution is 2.38. The third-order valence-electron chi connectivity index (χ3n) is 5.20. The number of nitrogens with zero attached hydrogens (tertiary/aromatic N) is 2. The lowest BCUT2D eigenvalue weighted by Gasteiger charge is -2.45. The number of aliphatic hydroxyl groups is 1. The molecule has 1 saturated heterocycles. The Balaban J connectivity index is 0.00000300. The van der Waals surface area contributed by atoms with Gasteiger partial charge in [0.25, 0.3) is 0 Å². The number of hydrogen-bond acceptors (Lipinski definition) is 3.